The zero-order valence-corrected chi connectivity index (χ0v) is 9.11. The van der Waals surface area contributed by atoms with Gasteiger partial charge in [-0.25, -0.2) is 13.8 Å². The molecule has 0 amide bonds. The molecule has 0 fully saturated rings. The lowest BCUT2D eigenvalue weighted by Crippen LogP contribution is -1.98. The summed E-state index contributed by atoms with van der Waals surface area (Å²) in [4.78, 5) is 3.50. The minimum Gasteiger partial charge on any atom is -0.236 e. The lowest BCUT2D eigenvalue weighted by molar-refractivity contribution is 0.146. The molecule has 0 radical (unpaired) electrons. The molecule has 6 heteroatoms. The van der Waals surface area contributed by atoms with Crippen molar-refractivity contribution < 1.29 is 8.78 Å². The van der Waals surface area contributed by atoms with Gasteiger partial charge in [0.25, 0.3) is 6.43 Å². The van der Waals surface area contributed by atoms with Crippen LogP contribution in [0.3, 0.4) is 0 Å². The molecule has 0 atom stereocenters. The molecule has 0 aromatic carbocycles. The highest BCUT2D eigenvalue weighted by Gasteiger charge is 2.15. The van der Waals surface area contributed by atoms with E-state index in [4.69, 9.17) is 16.9 Å². The van der Waals surface area contributed by atoms with Crippen LogP contribution in [-0.2, 0) is 5.88 Å². The van der Waals surface area contributed by atoms with Gasteiger partial charge in [0.15, 0.2) is 0 Å². The summed E-state index contributed by atoms with van der Waals surface area (Å²) in [7, 11) is 0. The molecule has 14 heavy (non-hydrogen) atoms. The molecular formula is C8H4BrClF2N2. The van der Waals surface area contributed by atoms with Gasteiger partial charge < -0.3 is 0 Å². The first-order valence-electron chi connectivity index (χ1n) is 3.53. The number of alkyl halides is 3. The molecule has 0 aliphatic carbocycles. The van der Waals surface area contributed by atoms with Crippen LogP contribution in [0.25, 0.3) is 0 Å². The minimum absolute atomic E-state index is 0.0556. The van der Waals surface area contributed by atoms with Crippen LogP contribution in [0.1, 0.15) is 23.4 Å². The number of rotatable bonds is 2. The molecule has 0 N–H and O–H groups in total. The van der Waals surface area contributed by atoms with Gasteiger partial charge in [-0.3, -0.25) is 0 Å². The van der Waals surface area contributed by atoms with Crippen LogP contribution in [0.5, 0.6) is 0 Å². The smallest absolute Gasteiger partial charge is 0.236 e. The molecule has 0 aliphatic rings. The first-order valence-corrected chi connectivity index (χ1v) is 4.86. The molecule has 0 unspecified atom stereocenters. The second-order valence-electron chi connectivity index (χ2n) is 2.40. The van der Waals surface area contributed by atoms with Gasteiger partial charge in [-0.1, -0.05) is 15.9 Å². The summed E-state index contributed by atoms with van der Waals surface area (Å²) in [6.07, 6.45) is -2.69. The van der Waals surface area contributed by atoms with E-state index >= 15 is 0 Å². The second-order valence-corrected chi connectivity index (χ2v) is 3.52. The summed E-state index contributed by atoms with van der Waals surface area (Å²) in [6.45, 7) is 0. The largest absolute Gasteiger partial charge is 0.280 e. The Bertz CT molecular complexity index is 390. The molecule has 0 spiro atoms. The fourth-order valence-electron chi connectivity index (χ4n) is 0.890. The predicted molar refractivity (Wildman–Crippen MR) is 51.2 cm³/mol. The number of aromatic nitrogens is 1. The molecule has 1 heterocycles. The Balaban J connectivity index is 3.33. The Morgan fingerprint density at radius 3 is 2.71 bits per heavy atom. The highest BCUT2D eigenvalue weighted by atomic mass is 79.9. The van der Waals surface area contributed by atoms with Crippen molar-refractivity contribution in [3.8, 4) is 6.07 Å². The van der Waals surface area contributed by atoms with Crippen LogP contribution in [0.15, 0.2) is 10.5 Å². The van der Waals surface area contributed by atoms with Crippen molar-refractivity contribution in [1.82, 2.24) is 4.98 Å². The van der Waals surface area contributed by atoms with E-state index in [2.05, 4.69) is 20.9 Å². The number of hydrogen-bond donors (Lipinski definition) is 0. The van der Waals surface area contributed by atoms with Crippen molar-refractivity contribution in [2.75, 3.05) is 0 Å². The first kappa shape index (κ1) is 11.3. The summed E-state index contributed by atoms with van der Waals surface area (Å²) < 4.78 is 24.9. The summed E-state index contributed by atoms with van der Waals surface area (Å²) >= 11 is 8.60. The normalized spacial score (nSPS) is 10.3. The van der Waals surface area contributed by atoms with Gasteiger partial charge in [0.2, 0.25) is 0 Å². The predicted octanol–water partition coefficient (Wildman–Crippen LogP) is 3.39. The van der Waals surface area contributed by atoms with Gasteiger partial charge in [-0.05, 0) is 6.07 Å². The fraction of sp³-hybridized carbons (Fsp3) is 0.250. The number of nitriles is 1. The van der Waals surface area contributed by atoms with Crippen molar-refractivity contribution in [1.29, 1.82) is 5.26 Å². The number of nitrogens with zero attached hydrogens (tertiary/aromatic N) is 2. The highest BCUT2D eigenvalue weighted by Crippen LogP contribution is 2.26. The van der Waals surface area contributed by atoms with Crippen LogP contribution >= 0.6 is 27.5 Å². The van der Waals surface area contributed by atoms with E-state index < -0.39 is 12.1 Å². The maximum Gasteiger partial charge on any atom is 0.280 e. The van der Waals surface area contributed by atoms with Gasteiger partial charge in [-0.15, -0.1) is 11.6 Å². The molecule has 0 bridgehead atoms. The molecule has 1 aromatic rings. The Hall–Kier alpha value is -0.730. The standard InChI is InChI=1S/C8H4BrClF2N2/c9-5-1-6(8(11)12)14-7(3-13)4(5)2-10/h1,8H,2H2. The lowest BCUT2D eigenvalue weighted by Gasteiger charge is -2.05. The quantitative estimate of drug-likeness (QED) is 0.779. The van der Waals surface area contributed by atoms with Crippen LogP contribution in [0, 0.1) is 11.3 Å². The molecule has 74 valence electrons. The summed E-state index contributed by atoms with van der Waals surface area (Å²) in [5.41, 5.74) is -0.0643. The Morgan fingerprint density at radius 2 is 2.29 bits per heavy atom. The molecular weight excluding hydrogens is 277 g/mol. The monoisotopic (exact) mass is 280 g/mol. The van der Waals surface area contributed by atoms with Crippen LogP contribution < -0.4 is 0 Å². The average Bonchev–Trinajstić information content (AvgIpc) is 2.16. The van der Waals surface area contributed by atoms with E-state index in [0.29, 0.717) is 10.0 Å². The first-order chi connectivity index (χ1) is 6.60. The molecule has 1 aromatic heterocycles. The summed E-state index contributed by atoms with van der Waals surface area (Å²) in [5.74, 6) is 0.0556. The zero-order chi connectivity index (χ0) is 10.7. The van der Waals surface area contributed by atoms with E-state index in [9.17, 15) is 8.78 Å². The van der Waals surface area contributed by atoms with E-state index in [1.54, 1.807) is 6.07 Å². The number of hydrogen-bond acceptors (Lipinski definition) is 2. The van der Waals surface area contributed by atoms with Crippen molar-refractivity contribution in [3.05, 3.63) is 27.5 Å². The maximum atomic E-state index is 12.3. The van der Waals surface area contributed by atoms with Crippen LogP contribution in [-0.4, -0.2) is 4.98 Å². The number of pyridine rings is 1. The molecule has 0 saturated heterocycles. The van der Waals surface area contributed by atoms with Gasteiger partial charge in [0.1, 0.15) is 17.5 Å². The van der Waals surface area contributed by atoms with Gasteiger partial charge in [0.05, 0.1) is 5.88 Å². The molecule has 0 saturated carbocycles. The van der Waals surface area contributed by atoms with Crippen molar-refractivity contribution in [2.45, 2.75) is 12.3 Å². The Labute approximate surface area is 92.6 Å². The third kappa shape index (κ3) is 2.20. The van der Waals surface area contributed by atoms with Gasteiger partial charge in [-0.2, -0.15) is 5.26 Å². The third-order valence-electron chi connectivity index (χ3n) is 1.55. The van der Waals surface area contributed by atoms with Gasteiger partial charge >= 0.3 is 0 Å². The van der Waals surface area contributed by atoms with Gasteiger partial charge in [0, 0.05) is 10.0 Å². The SMILES string of the molecule is N#Cc1nc(C(F)F)cc(Br)c1CCl. The molecule has 0 aliphatic heterocycles. The fourth-order valence-corrected chi connectivity index (χ4v) is 1.88. The van der Waals surface area contributed by atoms with Crippen molar-refractivity contribution in [3.63, 3.8) is 0 Å². The third-order valence-corrected chi connectivity index (χ3v) is 2.53. The molecule has 1 rings (SSSR count). The second kappa shape index (κ2) is 4.67. The maximum absolute atomic E-state index is 12.3. The minimum atomic E-state index is -2.69. The lowest BCUT2D eigenvalue weighted by atomic mass is 10.2. The average molecular weight is 281 g/mol. The van der Waals surface area contributed by atoms with Crippen LogP contribution in [0.2, 0.25) is 0 Å². The van der Waals surface area contributed by atoms with Crippen molar-refractivity contribution in [2.24, 2.45) is 0 Å². The van der Waals surface area contributed by atoms with Crippen LogP contribution in [0.4, 0.5) is 8.78 Å². The summed E-state index contributed by atoms with van der Waals surface area (Å²) in [6, 6.07) is 2.89. The van der Waals surface area contributed by atoms with E-state index in [1.807, 2.05) is 0 Å². The Kier molecular flexibility index (Phi) is 3.78. The van der Waals surface area contributed by atoms with E-state index in [0.717, 1.165) is 0 Å². The molecule has 2 nitrogen and oxygen atoms in total. The Morgan fingerprint density at radius 1 is 1.64 bits per heavy atom. The van der Waals surface area contributed by atoms with Crippen molar-refractivity contribution >= 4 is 27.5 Å². The van der Waals surface area contributed by atoms with E-state index in [1.165, 1.54) is 6.07 Å². The van der Waals surface area contributed by atoms with E-state index in [-0.39, 0.29) is 11.6 Å². The highest BCUT2D eigenvalue weighted by molar-refractivity contribution is 9.10. The summed E-state index contributed by atoms with van der Waals surface area (Å²) in [5, 5.41) is 8.64. The zero-order valence-electron chi connectivity index (χ0n) is 6.77. The number of halogens is 4. The topological polar surface area (TPSA) is 36.7 Å².